The van der Waals surface area contributed by atoms with Gasteiger partial charge < -0.3 is 0 Å². The molecule has 0 fully saturated rings. The number of fused-ring (bicyclic) bond motifs is 1. The SMILES string of the molecule is O=c1cc2nc(S(=O)(=O)O)c(=O)c-2n1. The van der Waals surface area contributed by atoms with E-state index in [1.165, 1.54) is 0 Å². The third kappa shape index (κ3) is 1.12. The van der Waals surface area contributed by atoms with Gasteiger partial charge in [-0.3, -0.25) is 14.1 Å². The molecule has 14 heavy (non-hydrogen) atoms. The Kier molecular flexibility index (Phi) is 1.54. The van der Waals surface area contributed by atoms with Crippen molar-refractivity contribution in [2.24, 2.45) is 0 Å². The van der Waals surface area contributed by atoms with E-state index in [1.54, 1.807) is 0 Å². The lowest BCUT2D eigenvalue weighted by Crippen LogP contribution is -2.12. The zero-order valence-corrected chi connectivity index (χ0v) is 7.28. The fourth-order valence-corrected chi connectivity index (χ4v) is 1.62. The molecule has 2 aliphatic rings. The quantitative estimate of drug-likeness (QED) is 0.570. The summed E-state index contributed by atoms with van der Waals surface area (Å²) in [5.74, 6) is 0. The Morgan fingerprint density at radius 2 is 1.86 bits per heavy atom. The maximum atomic E-state index is 11.2. The second-order valence-electron chi connectivity index (χ2n) is 2.55. The first kappa shape index (κ1) is 8.91. The van der Waals surface area contributed by atoms with Crippen LogP contribution in [0.2, 0.25) is 0 Å². The van der Waals surface area contributed by atoms with Crippen molar-refractivity contribution in [3.8, 4) is 11.4 Å². The van der Waals surface area contributed by atoms with Crippen molar-refractivity contribution in [2.45, 2.75) is 5.03 Å². The van der Waals surface area contributed by atoms with Crippen LogP contribution >= 0.6 is 0 Å². The summed E-state index contributed by atoms with van der Waals surface area (Å²) in [6.45, 7) is 0. The van der Waals surface area contributed by atoms with Gasteiger partial charge in [-0.05, 0) is 0 Å². The number of aromatic nitrogens is 2. The van der Waals surface area contributed by atoms with Crippen molar-refractivity contribution >= 4 is 10.1 Å². The Balaban J connectivity index is 2.91. The lowest BCUT2D eigenvalue weighted by molar-refractivity contribution is 0.479. The fourth-order valence-electron chi connectivity index (χ4n) is 1.07. The van der Waals surface area contributed by atoms with Gasteiger partial charge in [0.1, 0.15) is 11.4 Å². The minimum Gasteiger partial charge on any atom is -0.284 e. The van der Waals surface area contributed by atoms with E-state index in [-0.39, 0.29) is 11.4 Å². The van der Waals surface area contributed by atoms with Crippen LogP contribution in [0.5, 0.6) is 0 Å². The molecule has 0 saturated carbocycles. The number of rotatable bonds is 1. The molecule has 0 aromatic rings. The number of nitrogens with zero attached hydrogens (tertiary/aromatic N) is 2. The molecule has 0 spiro atoms. The number of hydrogen-bond acceptors (Lipinski definition) is 6. The molecular weight excluding hydrogens is 212 g/mol. The van der Waals surface area contributed by atoms with E-state index >= 15 is 0 Å². The molecule has 0 radical (unpaired) electrons. The summed E-state index contributed by atoms with van der Waals surface area (Å²) in [5, 5.41) is -0.991. The van der Waals surface area contributed by atoms with Crippen LogP contribution in [0.25, 0.3) is 11.4 Å². The van der Waals surface area contributed by atoms with E-state index < -0.39 is 26.1 Å². The normalized spacial score (nSPS) is 12.4. The molecule has 7 nitrogen and oxygen atoms in total. The highest BCUT2D eigenvalue weighted by Gasteiger charge is 2.27. The Labute approximate surface area is 76.8 Å². The molecule has 0 unspecified atom stereocenters. The van der Waals surface area contributed by atoms with Crippen LogP contribution in [0.3, 0.4) is 0 Å². The van der Waals surface area contributed by atoms with Gasteiger partial charge >= 0.3 is 10.1 Å². The maximum absolute atomic E-state index is 11.2. The molecule has 0 amide bonds. The minimum absolute atomic E-state index is 0.118. The zero-order chi connectivity index (χ0) is 10.5. The summed E-state index contributed by atoms with van der Waals surface area (Å²) in [5.41, 5.74) is -2.17. The molecule has 2 heterocycles. The van der Waals surface area contributed by atoms with E-state index in [4.69, 9.17) is 4.55 Å². The topological polar surface area (TPSA) is 114 Å². The summed E-state index contributed by atoms with van der Waals surface area (Å²) in [7, 11) is -4.64. The third-order valence-electron chi connectivity index (χ3n) is 1.60. The van der Waals surface area contributed by atoms with Gasteiger partial charge in [0.15, 0.2) is 0 Å². The van der Waals surface area contributed by atoms with Gasteiger partial charge in [-0.1, -0.05) is 0 Å². The van der Waals surface area contributed by atoms with E-state index in [2.05, 4.69) is 9.97 Å². The Morgan fingerprint density at radius 1 is 1.21 bits per heavy atom. The highest BCUT2D eigenvalue weighted by Crippen LogP contribution is 2.14. The first-order valence-electron chi connectivity index (χ1n) is 3.35. The Hall–Kier alpha value is -1.67. The molecule has 0 bridgehead atoms. The molecule has 0 aromatic heterocycles. The predicted octanol–water partition coefficient (Wildman–Crippen LogP) is -1.58. The van der Waals surface area contributed by atoms with Gasteiger partial charge in [-0.2, -0.15) is 8.42 Å². The van der Waals surface area contributed by atoms with E-state index in [9.17, 15) is 18.0 Å². The van der Waals surface area contributed by atoms with E-state index in [0.29, 0.717) is 0 Å². The van der Waals surface area contributed by atoms with Crippen molar-refractivity contribution in [1.82, 2.24) is 9.97 Å². The second kappa shape index (κ2) is 2.42. The third-order valence-corrected chi connectivity index (χ3v) is 2.37. The highest BCUT2D eigenvalue weighted by atomic mass is 32.2. The number of hydrogen-bond donors (Lipinski definition) is 1. The molecule has 0 aliphatic carbocycles. The molecule has 72 valence electrons. The van der Waals surface area contributed by atoms with Crippen LogP contribution in [0.15, 0.2) is 20.7 Å². The first-order valence-corrected chi connectivity index (χ1v) is 4.79. The van der Waals surface area contributed by atoms with Crippen molar-refractivity contribution < 1.29 is 13.0 Å². The molecule has 0 aromatic carbocycles. The van der Waals surface area contributed by atoms with Crippen LogP contribution in [-0.2, 0) is 10.1 Å². The van der Waals surface area contributed by atoms with Gasteiger partial charge in [0.2, 0.25) is 10.5 Å². The second-order valence-corrected chi connectivity index (χ2v) is 3.89. The van der Waals surface area contributed by atoms with Crippen molar-refractivity contribution in [1.29, 1.82) is 0 Å². The molecule has 0 atom stereocenters. The smallest absolute Gasteiger partial charge is 0.284 e. The first-order chi connectivity index (χ1) is 6.39. The van der Waals surface area contributed by atoms with Gasteiger partial charge in [-0.15, -0.1) is 0 Å². The molecule has 1 N–H and O–H groups in total. The summed E-state index contributed by atoms with van der Waals surface area (Å²) in [6, 6.07) is 0.922. The van der Waals surface area contributed by atoms with Crippen molar-refractivity contribution in [2.75, 3.05) is 0 Å². The molecule has 2 aliphatic heterocycles. The Morgan fingerprint density at radius 3 is 2.36 bits per heavy atom. The zero-order valence-electron chi connectivity index (χ0n) is 6.46. The molecule has 2 rings (SSSR count). The summed E-state index contributed by atoms with van der Waals surface area (Å²) < 4.78 is 29.7. The van der Waals surface area contributed by atoms with Crippen LogP contribution < -0.4 is 11.0 Å². The van der Waals surface area contributed by atoms with E-state index in [0.717, 1.165) is 6.07 Å². The van der Waals surface area contributed by atoms with Gasteiger partial charge in [-0.25, -0.2) is 9.97 Å². The van der Waals surface area contributed by atoms with Crippen LogP contribution in [0.1, 0.15) is 0 Å². The standard InChI is InChI=1S/C6H2N2O5S/c9-3-1-2-4(8-3)5(10)6(7-2)14(11,12)13/h1H,(H,11,12,13). The Bertz CT molecular complexity index is 651. The largest absolute Gasteiger partial charge is 0.316 e. The van der Waals surface area contributed by atoms with Gasteiger partial charge in [0.25, 0.3) is 5.56 Å². The summed E-state index contributed by atoms with van der Waals surface area (Å²) in [4.78, 5) is 28.4. The summed E-state index contributed by atoms with van der Waals surface area (Å²) in [6.07, 6.45) is 0. The predicted molar refractivity (Wildman–Crippen MR) is 43.4 cm³/mol. The average Bonchev–Trinajstić information content (AvgIpc) is 2.49. The van der Waals surface area contributed by atoms with Crippen LogP contribution in [0.4, 0.5) is 0 Å². The average molecular weight is 214 g/mol. The molecule has 0 saturated heterocycles. The minimum atomic E-state index is -4.64. The van der Waals surface area contributed by atoms with Crippen LogP contribution in [-0.4, -0.2) is 22.9 Å². The molecule has 8 heteroatoms. The fraction of sp³-hybridized carbons (Fsp3) is 0. The maximum Gasteiger partial charge on any atom is 0.316 e. The van der Waals surface area contributed by atoms with Crippen molar-refractivity contribution in [3.63, 3.8) is 0 Å². The highest BCUT2D eigenvalue weighted by molar-refractivity contribution is 7.85. The lowest BCUT2D eigenvalue weighted by atomic mass is 10.4. The van der Waals surface area contributed by atoms with Gasteiger partial charge in [0, 0.05) is 6.07 Å². The van der Waals surface area contributed by atoms with E-state index in [1.807, 2.05) is 0 Å². The summed E-state index contributed by atoms with van der Waals surface area (Å²) >= 11 is 0. The van der Waals surface area contributed by atoms with Crippen molar-refractivity contribution in [3.05, 3.63) is 26.6 Å². The molecular formula is C6H2N2O5S. The van der Waals surface area contributed by atoms with Crippen LogP contribution in [0, 0.1) is 0 Å². The van der Waals surface area contributed by atoms with Gasteiger partial charge in [0.05, 0.1) is 0 Å². The monoisotopic (exact) mass is 214 g/mol. The lowest BCUT2D eigenvalue weighted by Gasteiger charge is -1.84.